The molecular formula is C15H20N2O2S. The lowest BCUT2D eigenvalue weighted by molar-refractivity contribution is -0.122. The molecule has 2 rings (SSSR count). The summed E-state index contributed by atoms with van der Waals surface area (Å²) in [5.74, 6) is 0.685. The fourth-order valence-electron chi connectivity index (χ4n) is 2.24. The number of hydrogen-bond acceptors (Lipinski definition) is 3. The minimum absolute atomic E-state index is 0.0742. The van der Waals surface area contributed by atoms with Crippen molar-refractivity contribution in [2.75, 3.05) is 12.8 Å². The minimum atomic E-state index is -0.407. The highest BCUT2D eigenvalue weighted by molar-refractivity contribution is 7.97. The molecule has 1 saturated heterocycles. The van der Waals surface area contributed by atoms with Crippen LogP contribution in [-0.2, 0) is 10.5 Å². The second-order valence-electron chi connectivity index (χ2n) is 4.94. The summed E-state index contributed by atoms with van der Waals surface area (Å²) in [6, 6.07) is 7.14. The number of carbonyl (C=O) groups excluding carboxylic acids is 2. The summed E-state index contributed by atoms with van der Waals surface area (Å²) in [4.78, 5) is 23.9. The van der Waals surface area contributed by atoms with Crippen molar-refractivity contribution in [3.63, 3.8) is 0 Å². The van der Waals surface area contributed by atoms with E-state index in [1.54, 1.807) is 11.8 Å². The highest BCUT2D eigenvalue weighted by atomic mass is 32.2. The fourth-order valence-corrected chi connectivity index (χ4v) is 2.76. The molecule has 1 aromatic carbocycles. The first-order chi connectivity index (χ1) is 9.70. The second kappa shape index (κ2) is 7.33. The quantitative estimate of drug-likeness (QED) is 0.892. The van der Waals surface area contributed by atoms with E-state index in [2.05, 4.69) is 10.6 Å². The normalized spacial score (nSPS) is 19.1. The number of thioether (sulfide) groups is 1. The van der Waals surface area contributed by atoms with Gasteiger partial charge in [0.15, 0.2) is 0 Å². The van der Waals surface area contributed by atoms with Gasteiger partial charge in [0.25, 0.3) is 5.91 Å². The van der Waals surface area contributed by atoms with Crippen LogP contribution in [-0.4, -0.2) is 30.7 Å². The predicted molar refractivity (Wildman–Crippen MR) is 81.8 cm³/mol. The van der Waals surface area contributed by atoms with Crippen molar-refractivity contribution in [3.8, 4) is 0 Å². The first kappa shape index (κ1) is 14.9. The lowest BCUT2D eigenvalue weighted by atomic mass is 10.1. The lowest BCUT2D eigenvalue weighted by Crippen LogP contribution is -2.45. The van der Waals surface area contributed by atoms with Gasteiger partial charge in [0.2, 0.25) is 5.91 Å². The van der Waals surface area contributed by atoms with Gasteiger partial charge in [-0.25, -0.2) is 0 Å². The molecule has 1 fully saturated rings. The smallest absolute Gasteiger partial charge is 0.251 e. The van der Waals surface area contributed by atoms with E-state index in [1.165, 1.54) is 5.56 Å². The van der Waals surface area contributed by atoms with Crippen LogP contribution in [0.1, 0.15) is 35.2 Å². The average molecular weight is 292 g/mol. The third kappa shape index (κ3) is 4.00. The molecule has 1 aliphatic heterocycles. The molecular weight excluding hydrogens is 272 g/mol. The lowest BCUT2D eigenvalue weighted by Gasteiger charge is -2.15. The molecule has 1 heterocycles. The number of hydrogen-bond donors (Lipinski definition) is 2. The maximum absolute atomic E-state index is 12.1. The maximum atomic E-state index is 12.1. The summed E-state index contributed by atoms with van der Waals surface area (Å²) in [6.07, 6.45) is 4.69. The first-order valence-corrected chi connectivity index (χ1v) is 8.26. The molecule has 1 atom stereocenters. The van der Waals surface area contributed by atoms with Crippen LogP contribution in [0.5, 0.6) is 0 Å². The Morgan fingerprint density at radius 2 is 2.10 bits per heavy atom. The molecule has 0 aromatic heterocycles. The molecule has 0 aliphatic carbocycles. The van der Waals surface area contributed by atoms with Crippen LogP contribution in [0.3, 0.4) is 0 Å². The molecule has 108 valence electrons. The van der Waals surface area contributed by atoms with E-state index in [4.69, 9.17) is 0 Å². The molecule has 20 heavy (non-hydrogen) atoms. The van der Waals surface area contributed by atoms with Gasteiger partial charge in [-0.05, 0) is 43.2 Å². The number of amides is 2. The largest absolute Gasteiger partial charge is 0.354 e. The summed E-state index contributed by atoms with van der Waals surface area (Å²) in [7, 11) is 0. The molecule has 1 aliphatic rings. The third-order valence-corrected chi connectivity index (χ3v) is 3.99. The van der Waals surface area contributed by atoms with Crippen LogP contribution < -0.4 is 10.6 Å². The van der Waals surface area contributed by atoms with Gasteiger partial charge in [0, 0.05) is 17.9 Å². The van der Waals surface area contributed by atoms with Crippen LogP contribution in [0.15, 0.2) is 24.3 Å². The number of rotatable bonds is 4. The SMILES string of the molecule is CSCc1ccc(C(=O)N[C@@H]2CCCCNC2=O)cc1. The first-order valence-electron chi connectivity index (χ1n) is 6.87. The van der Waals surface area contributed by atoms with Gasteiger partial charge in [0.05, 0.1) is 0 Å². The summed E-state index contributed by atoms with van der Waals surface area (Å²) in [6.45, 7) is 0.703. The van der Waals surface area contributed by atoms with Crippen molar-refractivity contribution in [3.05, 3.63) is 35.4 Å². The van der Waals surface area contributed by atoms with E-state index in [-0.39, 0.29) is 11.8 Å². The third-order valence-electron chi connectivity index (χ3n) is 3.37. The van der Waals surface area contributed by atoms with Crippen molar-refractivity contribution in [1.82, 2.24) is 10.6 Å². The van der Waals surface area contributed by atoms with Crippen LogP contribution in [0.2, 0.25) is 0 Å². The van der Waals surface area contributed by atoms with Gasteiger partial charge in [0.1, 0.15) is 6.04 Å². The Hall–Kier alpha value is -1.49. The minimum Gasteiger partial charge on any atom is -0.354 e. The number of carbonyl (C=O) groups is 2. The molecule has 0 unspecified atom stereocenters. The predicted octanol–water partition coefficient (Wildman–Crippen LogP) is 1.95. The van der Waals surface area contributed by atoms with Crippen molar-refractivity contribution < 1.29 is 9.59 Å². The van der Waals surface area contributed by atoms with Crippen LogP contribution in [0, 0.1) is 0 Å². The van der Waals surface area contributed by atoms with E-state index >= 15 is 0 Å². The maximum Gasteiger partial charge on any atom is 0.251 e. The number of nitrogens with one attached hydrogen (secondary N) is 2. The van der Waals surface area contributed by atoms with Gasteiger partial charge >= 0.3 is 0 Å². The van der Waals surface area contributed by atoms with E-state index in [0.29, 0.717) is 18.5 Å². The van der Waals surface area contributed by atoms with E-state index in [9.17, 15) is 9.59 Å². The van der Waals surface area contributed by atoms with Crippen LogP contribution >= 0.6 is 11.8 Å². The number of benzene rings is 1. The monoisotopic (exact) mass is 292 g/mol. The average Bonchev–Trinajstić information content (AvgIpc) is 2.65. The van der Waals surface area contributed by atoms with Gasteiger partial charge in [-0.3, -0.25) is 9.59 Å². The molecule has 5 heteroatoms. The Morgan fingerprint density at radius 3 is 2.80 bits per heavy atom. The Balaban J connectivity index is 1.98. The summed E-state index contributed by atoms with van der Waals surface area (Å²) in [5, 5.41) is 5.64. The van der Waals surface area contributed by atoms with Crippen molar-refractivity contribution in [1.29, 1.82) is 0 Å². The van der Waals surface area contributed by atoms with Crippen molar-refractivity contribution >= 4 is 23.6 Å². The molecule has 1 aromatic rings. The molecule has 0 spiro atoms. The van der Waals surface area contributed by atoms with E-state index in [1.807, 2.05) is 30.5 Å². The summed E-state index contributed by atoms with van der Waals surface area (Å²) < 4.78 is 0. The topological polar surface area (TPSA) is 58.2 Å². The molecule has 4 nitrogen and oxygen atoms in total. The van der Waals surface area contributed by atoms with Crippen LogP contribution in [0.4, 0.5) is 0 Å². The Morgan fingerprint density at radius 1 is 1.35 bits per heavy atom. The molecule has 2 amide bonds. The van der Waals surface area contributed by atoms with E-state index in [0.717, 1.165) is 18.6 Å². The Kier molecular flexibility index (Phi) is 5.47. The van der Waals surface area contributed by atoms with Gasteiger partial charge in [-0.1, -0.05) is 12.1 Å². The summed E-state index contributed by atoms with van der Waals surface area (Å²) in [5.41, 5.74) is 1.80. The van der Waals surface area contributed by atoms with Crippen molar-refractivity contribution in [2.24, 2.45) is 0 Å². The second-order valence-corrected chi connectivity index (χ2v) is 5.81. The van der Waals surface area contributed by atoms with Crippen LogP contribution in [0.25, 0.3) is 0 Å². The standard InChI is InChI=1S/C15H20N2O2S/c1-20-10-11-5-7-12(8-6-11)14(18)17-13-4-2-3-9-16-15(13)19/h5-8,13H,2-4,9-10H2,1H3,(H,16,19)(H,17,18)/t13-/m1/s1. The fraction of sp³-hybridized carbons (Fsp3) is 0.467. The molecule has 2 N–H and O–H groups in total. The van der Waals surface area contributed by atoms with Gasteiger partial charge in [-0.15, -0.1) is 0 Å². The Bertz CT molecular complexity index is 473. The zero-order valence-electron chi connectivity index (χ0n) is 11.6. The Labute approximate surface area is 123 Å². The van der Waals surface area contributed by atoms with Crippen molar-refractivity contribution in [2.45, 2.75) is 31.1 Å². The van der Waals surface area contributed by atoms with Gasteiger partial charge < -0.3 is 10.6 Å². The highest BCUT2D eigenvalue weighted by Gasteiger charge is 2.22. The zero-order chi connectivity index (χ0) is 14.4. The van der Waals surface area contributed by atoms with Gasteiger partial charge in [-0.2, -0.15) is 11.8 Å². The molecule has 0 bridgehead atoms. The van der Waals surface area contributed by atoms with E-state index < -0.39 is 6.04 Å². The molecule has 0 radical (unpaired) electrons. The highest BCUT2D eigenvalue weighted by Crippen LogP contribution is 2.11. The zero-order valence-corrected chi connectivity index (χ0v) is 12.5. The summed E-state index contributed by atoms with van der Waals surface area (Å²) >= 11 is 1.75. The molecule has 0 saturated carbocycles.